The first kappa shape index (κ1) is 34.0. The number of rotatable bonds is 11. The van der Waals surface area contributed by atoms with Gasteiger partial charge in [0.05, 0.1) is 7.11 Å². The number of benzene rings is 3. The Bertz CT molecular complexity index is 1460. The molecule has 0 radical (unpaired) electrons. The van der Waals surface area contributed by atoms with Gasteiger partial charge in [-0.05, 0) is 87.1 Å². The molecule has 2 N–H and O–H groups in total. The number of nitrogens with one attached hydrogen (secondary N) is 2. The molecular weight excluding hydrogens is 586 g/mol. The van der Waals surface area contributed by atoms with Crippen molar-refractivity contribution < 1.29 is 33.4 Å². The number of carbonyl (C=O) groups is 4. The zero-order chi connectivity index (χ0) is 33.1. The molecule has 3 amide bonds. The standard InChI is InChI=1S/C36H43N3O7/c1-36(2,3)46-35(43)37-29-14-12-28(13-15-29)33(41)39-20-18-26(19-21-39)23-32(40)38-31(34(42)44-4)22-25-10-16-30(17-11-25)45-24-27-8-6-5-7-9-27/h5-17,26,31H,18-24H2,1-4H3,(H,37,43)(H,38,40)/t31-/m0/s1. The fourth-order valence-electron chi connectivity index (χ4n) is 5.19. The van der Waals surface area contributed by atoms with Crippen molar-refractivity contribution in [3.05, 3.63) is 95.6 Å². The van der Waals surface area contributed by atoms with Gasteiger partial charge in [-0.15, -0.1) is 0 Å². The molecule has 46 heavy (non-hydrogen) atoms. The maximum atomic E-state index is 13.1. The number of likely N-dealkylation sites (tertiary alicyclic amines) is 1. The van der Waals surface area contributed by atoms with Crippen LogP contribution in [0.2, 0.25) is 0 Å². The number of hydrogen-bond donors (Lipinski definition) is 2. The van der Waals surface area contributed by atoms with Crippen LogP contribution in [0.1, 0.15) is 61.5 Å². The van der Waals surface area contributed by atoms with Gasteiger partial charge in [0.2, 0.25) is 5.91 Å². The van der Waals surface area contributed by atoms with Crippen LogP contribution in [0, 0.1) is 5.92 Å². The molecule has 1 atom stereocenters. The SMILES string of the molecule is COC(=O)[C@H](Cc1ccc(OCc2ccccc2)cc1)NC(=O)CC1CCN(C(=O)c2ccc(NC(=O)OC(C)(C)C)cc2)CC1. The van der Waals surface area contributed by atoms with Gasteiger partial charge in [0.1, 0.15) is 24.0 Å². The number of piperidine rings is 1. The zero-order valence-corrected chi connectivity index (χ0v) is 26.9. The summed E-state index contributed by atoms with van der Waals surface area (Å²) in [5.74, 6) is -0.0393. The molecule has 0 unspecified atom stereocenters. The van der Waals surface area contributed by atoms with Crippen LogP contribution < -0.4 is 15.4 Å². The Labute approximate surface area is 270 Å². The van der Waals surface area contributed by atoms with Crippen LogP contribution in [0.5, 0.6) is 5.75 Å². The second-order valence-electron chi connectivity index (χ2n) is 12.4. The summed E-state index contributed by atoms with van der Waals surface area (Å²) in [5, 5.41) is 5.51. The maximum absolute atomic E-state index is 13.1. The Balaban J connectivity index is 1.22. The van der Waals surface area contributed by atoms with Crippen molar-refractivity contribution in [3.63, 3.8) is 0 Å². The Morgan fingerprint density at radius 3 is 2.13 bits per heavy atom. The quantitative estimate of drug-likeness (QED) is 0.259. The van der Waals surface area contributed by atoms with Gasteiger partial charge in [0.25, 0.3) is 5.91 Å². The van der Waals surface area contributed by atoms with E-state index in [4.69, 9.17) is 14.2 Å². The number of methoxy groups -OCH3 is 1. The molecule has 0 aromatic heterocycles. The molecule has 0 aliphatic carbocycles. The maximum Gasteiger partial charge on any atom is 0.412 e. The first-order valence-corrected chi connectivity index (χ1v) is 15.5. The largest absolute Gasteiger partial charge is 0.489 e. The highest BCUT2D eigenvalue weighted by Gasteiger charge is 2.28. The molecule has 0 spiro atoms. The van der Waals surface area contributed by atoms with Gasteiger partial charge < -0.3 is 24.4 Å². The molecule has 0 saturated carbocycles. The van der Waals surface area contributed by atoms with E-state index in [1.807, 2.05) is 54.6 Å². The Kier molecular flexibility index (Phi) is 11.8. The molecule has 1 saturated heterocycles. The number of amides is 3. The van der Waals surface area contributed by atoms with E-state index in [9.17, 15) is 19.2 Å². The van der Waals surface area contributed by atoms with Gasteiger partial charge in [0, 0.05) is 37.2 Å². The van der Waals surface area contributed by atoms with Gasteiger partial charge in [0.15, 0.2) is 0 Å². The molecule has 4 rings (SSSR count). The van der Waals surface area contributed by atoms with Crippen LogP contribution in [0.4, 0.5) is 10.5 Å². The zero-order valence-electron chi connectivity index (χ0n) is 26.9. The topological polar surface area (TPSA) is 123 Å². The molecule has 3 aromatic carbocycles. The van der Waals surface area contributed by atoms with E-state index in [2.05, 4.69) is 10.6 Å². The number of carbonyl (C=O) groups excluding carboxylic acids is 4. The van der Waals surface area contributed by atoms with E-state index in [1.54, 1.807) is 49.9 Å². The van der Waals surface area contributed by atoms with Crippen LogP contribution in [-0.2, 0) is 32.1 Å². The molecule has 1 aliphatic heterocycles. The highest BCUT2D eigenvalue weighted by molar-refractivity contribution is 5.95. The normalized spacial score (nSPS) is 14.1. The second kappa shape index (κ2) is 15.9. The molecule has 10 nitrogen and oxygen atoms in total. The van der Waals surface area contributed by atoms with Gasteiger partial charge in [-0.25, -0.2) is 9.59 Å². The average Bonchev–Trinajstić information content (AvgIpc) is 3.03. The van der Waals surface area contributed by atoms with Crippen molar-refractivity contribution in [1.82, 2.24) is 10.2 Å². The van der Waals surface area contributed by atoms with Crippen molar-refractivity contribution in [2.24, 2.45) is 5.92 Å². The number of hydrogen-bond acceptors (Lipinski definition) is 7. The molecule has 10 heteroatoms. The van der Waals surface area contributed by atoms with Crippen LogP contribution >= 0.6 is 0 Å². The van der Waals surface area contributed by atoms with Crippen LogP contribution in [0.3, 0.4) is 0 Å². The van der Waals surface area contributed by atoms with Crippen LogP contribution in [-0.4, -0.2) is 60.6 Å². The number of esters is 1. The predicted molar refractivity (Wildman–Crippen MR) is 174 cm³/mol. The van der Waals surface area contributed by atoms with E-state index in [0.717, 1.165) is 11.1 Å². The van der Waals surface area contributed by atoms with Crippen molar-refractivity contribution in [2.45, 2.75) is 64.7 Å². The molecule has 1 fully saturated rings. The van der Waals surface area contributed by atoms with Crippen molar-refractivity contribution in [3.8, 4) is 5.75 Å². The van der Waals surface area contributed by atoms with Gasteiger partial charge in [-0.3, -0.25) is 14.9 Å². The summed E-state index contributed by atoms with van der Waals surface area (Å²) in [6.07, 6.45) is 1.33. The molecule has 3 aromatic rings. The minimum Gasteiger partial charge on any atom is -0.489 e. The fourth-order valence-corrected chi connectivity index (χ4v) is 5.19. The lowest BCUT2D eigenvalue weighted by Gasteiger charge is -2.32. The van der Waals surface area contributed by atoms with Crippen molar-refractivity contribution in [1.29, 1.82) is 0 Å². The lowest BCUT2D eigenvalue weighted by Crippen LogP contribution is -2.44. The smallest absolute Gasteiger partial charge is 0.412 e. The third-order valence-corrected chi connectivity index (χ3v) is 7.59. The molecular formula is C36H43N3O7. The summed E-state index contributed by atoms with van der Waals surface area (Å²) in [6.45, 7) is 6.86. The first-order chi connectivity index (χ1) is 22.0. The van der Waals surface area contributed by atoms with Gasteiger partial charge in [-0.1, -0.05) is 42.5 Å². The summed E-state index contributed by atoms with van der Waals surface area (Å²) in [7, 11) is 1.31. The van der Waals surface area contributed by atoms with Crippen LogP contribution in [0.15, 0.2) is 78.9 Å². The van der Waals surface area contributed by atoms with Gasteiger partial charge in [-0.2, -0.15) is 0 Å². The number of ether oxygens (including phenoxy) is 3. The van der Waals surface area contributed by atoms with E-state index in [1.165, 1.54) is 7.11 Å². The molecule has 0 bridgehead atoms. The summed E-state index contributed by atoms with van der Waals surface area (Å²) >= 11 is 0. The third kappa shape index (κ3) is 10.6. The average molecular weight is 630 g/mol. The Morgan fingerprint density at radius 2 is 1.52 bits per heavy atom. The summed E-state index contributed by atoms with van der Waals surface area (Å²) in [6, 6.07) is 23.2. The van der Waals surface area contributed by atoms with Crippen molar-refractivity contribution in [2.75, 3.05) is 25.5 Å². The minimum atomic E-state index is -0.817. The fraction of sp³-hybridized carbons (Fsp3) is 0.389. The number of anilines is 1. The summed E-state index contributed by atoms with van der Waals surface area (Å²) in [5.41, 5.74) is 2.37. The van der Waals surface area contributed by atoms with E-state index in [-0.39, 0.29) is 30.6 Å². The van der Waals surface area contributed by atoms with Gasteiger partial charge >= 0.3 is 12.1 Å². The molecule has 244 valence electrons. The summed E-state index contributed by atoms with van der Waals surface area (Å²) in [4.78, 5) is 52.3. The second-order valence-corrected chi connectivity index (χ2v) is 12.4. The minimum absolute atomic E-state index is 0.0869. The summed E-state index contributed by atoms with van der Waals surface area (Å²) < 4.78 is 16.1. The third-order valence-electron chi connectivity index (χ3n) is 7.59. The highest BCUT2D eigenvalue weighted by atomic mass is 16.6. The number of nitrogens with zero attached hydrogens (tertiary/aromatic N) is 1. The lowest BCUT2D eigenvalue weighted by molar-refractivity contribution is -0.145. The van der Waals surface area contributed by atoms with E-state index >= 15 is 0 Å². The molecule has 1 heterocycles. The molecule has 1 aliphatic rings. The van der Waals surface area contributed by atoms with Crippen molar-refractivity contribution >= 4 is 29.6 Å². The predicted octanol–water partition coefficient (Wildman–Crippen LogP) is 5.76. The van der Waals surface area contributed by atoms with E-state index < -0.39 is 23.7 Å². The highest BCUT2D eigenvalue weighted by Crippen LogP contribution is 2.23. The monoisotopic (exact) mass is 629 g/mol. The first-order valence-electron chi connectivity index (χ1n) is 15.5. The van der Waals surface area contributed by atoms with Crippen LogP contribution in [0.25, 0.3) is 0 Å². The Hall–Kier alpha value is -4.86. The lowest BCUT2D eigenvalue weighted by atomic mass is 9.92. The Morgan fingerprint density at radius 1 is 0.870 bits per heavy atom. The van der Waals surface area contributed by atoms with E-state index in [0.29, 0.717) is 49.5 Å².